The number of nitrogens with one attached hydrogen (secondary N) is 1. The number of morpholine rings is 1. The molecule has 2 saturated heterocycles. The van der Waals surface area contributed by atoms with Gasteiger partial charge in [-0.3, -0.25) is 9.80 Å². The minimum atomic E-state index is -0.571. The zero-order chi connectivity index (χ0) is 22.2. The summed E-state index contributed by atoms with van der Waals surface area (Å²) in [7, 11) is 0. The predicted octanol–water partition coefficient (Wildman–Crippen LogP) is 3.25. The van der Waals surface area contributed by atoms with Gasteiger partial charge >= 0.3 is 6.09 Å². The maximum absolute atomic E-state index is 13.8. The molecule has 0 bridgehead atoms. The third-order valence-electron chi connectivity index (χ3n) is 4.68. The lowest BCUT2D eigenvalue weighted by atomic mass is 10.2. The van der Waals surface area contributed by atoms with E-state index >= 15 is 0 Å². The lowest BCUT2D eigenvalue weighted by molar-refractivity contribution is -0.113. The second kappa shape index (κ2) is 11.3. The summed E-state index contributed by atoms with van der Waals surface area (Å²) in [4.78, 5) is 30.7. The fraction of sp³-hybridized carbons (Fsp3) is 0.476. The van der Waals surface area contributed by atoms with E-state index < -0.39 is 11.9 Å². The van der Waals surface area contributed by atoms with Crippen molar-refractivity contribution in [1.82, 2.24) is 15.3 Å². The van der Waals surface area contributed by atoms with Gasteiger partial charge in [-0.15, -0.1) is 0 Å². The summed E-state index contributed by atoms with van der Waals surface area (Å²) in [6.45, 7) is 7.32. The van der Waals surface area contributed by atoms with Crippen LogP contribution in [0.4, 0.5) is 9.18 Å². The Morgan fingerprint density at radius 2 is 2.03 bits per heavy atom. The number of benzene rings is 1. The number of aliphatic imine (C=N–C) groups is 1. The van der Waals surface area contributed by atoms with Gasteiger partial charge in [-0.25, -0.2) is 14.6 Å². The lowest BCUT2D eigenvalue weighted by Gasteiger charge is -2.28. The Kier molecular flexibility index (Phi) is 8.44. The van der Waals surface area contributed by atoms with Gasteiger partial charge in [0.25, 0.3) is 5.91 Å². The summed E-state index contributed by atoms with van der Waals surface area (Å²) < 4.78 is 24.4. The molecule has 3 heterocycles. The van der Waals surface area contributed by atoms with Gasteiger partial charge in [0.15, 0.2) is 5.17 Å². The van der Waals surface area contributed by atoms with Crippen LogP contribution in [0.3, 0.4) is 0 Å². The molecule has 0 saturated carbocycles. The van der Waals surface area contributed by atoms with Crippen LogP contribution in [0.15, 0.2) is 28.1 Å². The number of hydrazine groups is 1. The van der Waals surface area contributed by atoms with E-state index in [2.05, 4.69) is 10.4 Å². The highest BCUT2D eigenvalue weighted by Crippen LogP contribution is 2.33. The van der Waals surface area contributed by atoms with Crippen molar-refractivity contribution in [3.05, 3.63) is 34.5 Å². The molecule has 0 radical (unpaired) electrons. The number of amides is 2. The third kappa shape index (κ3) is 6.05. The highest BCUT2D eigenvalue weighted by atomic mass is 32.2. The van der Waals surface area contributed by atoms with Crippen molar-refractivity contribution in [2.45, 2.75) is 26.7 Å². The zero-order valence-corrected chi connectivity index (χ0v) is 18.5. The Bertz CT molecular complexity index is 865. The molecule has 2 fully saturated rings. The smallest absolute Gasteiger partial charge is 0.409 e. The molecule has 3 aliphatic heterocycles. The van der Waals surface area contributed by atoms with Crippen molar-refractivity contribution < 1.29 is 23.5 Å². The zero-order valence-electron chi connectivity index (χ0n) is 17.7. The number of hydrogen-bond donors (Lipinski definition) is 1. The molecule has 0 atom stereocenters. The molecule has 0 aliphatic carbocycles. The first-order chi connectivity index (χ1) is 15.1. The van der Waals surface area contributed by atoms with Crippen molar-refractivity contribution >= 4 is 35.0 Å². The normalized spacial score (nSPS) is 20.3. The second-order valence-corrected chi connectivity index (χ2v) is 7.74. The number of rotatable bonds is 2. The molecule has 10 heteroatoms. The predicted molar refractivity (Wildman–Crippen MR) is 118 cm³/mol. The van der Waals surface area contributed by atoms with Crippen LogP contribution in [-0.4, -0.2) is 66.5 Å². The highest BCUT2D eigenvalue weighted by molar-refractivity contribution is 8.18. The molecule has 31 heavy (non-hydrogen) atoms. The van der Waals surface area contributed by atoms with Crippen molar-refractivity contribution in [3.8, 4) is 5.75 Å². The van der Waals surface area contributed by atoms with Crippen molar-refractivity contribution in [1.29, 1.82) is 0 Å². The fourth-order valence-corrected chi connectivity index (χ4v) is 4.04. The highest BCUT2D eigenvalue weighted by Gasteiger charge is 2.28. The number of amidine groups is 1. The number of halogens is 1. The van der Waals surface area contributed by atoms with Crippen LogP contribution in [-0.2, 0) is 9.53 Å². The molecule has 4 rings (SSSR count). The molecule has 0 spiro atoms. The first kappa shape index (κ1) is 23.2. The third-order valence-corrected chi connectivity index (χ3v) is 5.69. The van der Waals surface area contributed by atoms with Crippen LogP contribution in [0.5, 0.6) is 5.75 Å². The van der Waals surface area contributed by atoms with E-state index in [9.17, 15) is 14.0 Å². The van der Waals surface area contributed by atoms with Gasteiger partial charge < -0.3 is 14.4 Å². The molecule has 3 aliphatic rings. The van der Waals surface area contributed by atoms with Crippen molar-refractivity contribution in [3.63, 3.8) is 0 Å². The fourth-order valence-electron chi connectivity index (χ4n) is 3.13. The Labute approximate surface area is 185 Å². The molecule has 2 amide bonds. The minimum Gasteiger partial charge on any atom is -0.409 e. The van der Waals surface area contributed by atoms with E-state index in [0.29, 0.717) is 41.9 Å². The summed E-state index contributed by atoms with van der Waals surface area (Å²) in [5, 5.41) is 2.46. The largest absolute Gasteiger partial charge is 0.415 e. The summed E-state index contributed by atoms with van der Waals surface area (Å²) >= 11 is 1.24. The number of hydrogen-bond acceptors (Lipinski definition) is 7. The van der Waals surface area contributed by atoms with Crippen molar-refractivity contribution in [2.75, 3.05) is 39.4 Å². The SMILES string of the molecule is CC.O=C1N=C(N2CCCCN2)S/C1=C\c1ccc(F)cc1OC(=O)N1CCOCC1. The average Bonchev–Trinajstić information content (AvgIpc) is 3.18. The van der Waals surface area contributed by atoms with E-state index in [1.165, 1.54) is 28.8 Å². The van der Waals surface area contributed by atoms with E-state index in [4.69, 9.17) is 9.47 Å². The van der Waals surface area contributed by atoms with Crippen LogP contribution in [0.1, 0.15) is 32.3 Å². The standard InChI is InChI=1S/C19H21FN4O4S.C2H6/c20-14-4-3-13(15(12-14)28-19(26)23-7-9-27-10-8-23)11-16-17(25)22-18(29-16)24-6-2-1-5-21-24;1-2/h3-4,11-12,21H,1-2,5-10H2;1-2H3/b16-11-;. The molecule has 0 unspecified atom stereocenters. The van der Waals surface area contributed by atoms with Crippen molar-refractivity contribution in [2.24, 2.45) is 4.99 Å². The number of ether oxygens (including phenoxy) is 2. The summed E-state index contributed by atoms with van der Waals surface area (Å²) in [6, 6.07) is 3.88. The monoisotopic (exact) mass is 450 g/mol. The molecule has 1 N–H and O–H groups in total. The summed E-state index contributed by atoms with van der Waals surface area (Å²) in [5.41, 5.74) is 3.65. The average molecular weight is 451 g/mol. The van der Waals surface area contributed by atoms with E-state index in [0.717, 1.165) is 32.0 Å². The number of carbonyl (C=O) groups is 2. The number of carbonyl (C=O) groups excluding carboxylic acids is 2. The number of nitrogens with zero attached hydrogens (tertiary/aromatic N) is 3. The van der Waals surface area contributed by atoms with Gasteiger partial charge in [-0.2, -0.15) is 4.99 Å². The maximum Gasteiger partial charge on any atom is 0.415 e. The van der Waals surface area contributed by atoms with Gasteiger partial charge in [0.1, 0.15) is 11.6 Å². The van der Waals surface area contributed by atoms with E-state index in [1.54, 1.807) is 6.08 Å². The number of thioether (sulfide) groups is 1. The van der Waals surface area contributed by atoms with Crippen LogP contribution < -0.4 is 10.2 Å². The lowest BCUT2D eigenvalue weighted by Crippen LogP contribution is -2.45. The van der Waals surface area contributed by atoms with Crippen LogP contribution in [0.25, 0.3) is 6.08 Å². The van der Waals surface area contributed by atoms with E-state index in [-0.39, 0.29) is 11.7 Å². The van der Waals surface area contributed by atoms with Crippen LogP contribution in [0, 0.1) is 5.82 Å². The van der Waals surface area contributed by atoms with Gasteiger partial charge in [-0.1, -0.05) is 13.8 Å². The molecule has 1 aromatic carbocycles. The molecular weight excluding hydrogens is 423 g/mol. The second-order valence-electron chi connectivity index (χ2n) is 6.73. The Balaban J connectivity index is 0.00000132. The summed E-state index contributed by atoms with van der Waals surface area (Å²) in [5.74, 6) is -0.837. The Morgan fingerprint density at radius 3 is 2.74 bits per heavy atom. The molecule has 1 aromatic rings. The minimum absolute atomic E-state index is 0.0620. The Hall–Kier alpha value is -2.43. The van der Waals surface area contributed by atoms with Gasteiger partial charge in [-0.05, 0) is 42.8 Å². The molecular formula is C21H27FN4O4S. The first-order valence-electron chi connectivity index (χ1n) is 10.5. The summed E-state index contributed by atoms with van der Waals surface area (Å²) in [6.07, 6.45) is 3.12. The maximum atomic E-state index is 13.8. The molecule has 0 aromatic heterocycles. The first-order valence-corrected chi connectivity index (χ1v) is 11.3. The molecule has 168 valence electrons. The topological polar surface area (TPSA) is 83.5 Å². The quantitative estimate of drug-likeness (QED) is 0.693. The van der Waals surface area contributed by atoms with Crippen LogP contribution >= 0.6 is 11.8 Å². The Morgan fingerprint density at radius 1 is 1.26 bits per heavy atom. The van der Waals surface area contributed by atoms with E-state index in [1.807, 2.05) is 18.9 Å². The van der Waals surface area contributed by atoms with Gasteiger partial charge in [0.2, 0.25) is 0 Å². The van der Waals surface area contributed by atoms with Gasteiger partial charge in [0, 0.05) is 37.8 Å². The van der Waals surface area contributed by atoms with Gasteiger partial charge in [0.05, 0.1) is 18.1 Å². The molecule has 8 nitrogen and oxygen atoms in total. The van der Waals surface area contributed by atoms with Crippen LogP contribution in [0.2, 0.25) is 0 Å².